The zero-order valence-electron chi connectivity index (χ0n) is 10.1. The van der Waals surface area contributed by atoms with Gasteiger partial charge in [0.1, 0.15) is 5.69 Å². The van der Waals surface area contributed by atoms with Gasteiger partial charge in [0.25, 0.3) is 0 Å². The molecule has 3 rings (SSSR count). The molecule has 0 bridgehead atoms. The Morgan fingerprint density at radius 1 is 1.53 bits per heavy atom. The molecule has 3 aromatic rings. The quantitative estimate of drug-likeness (QED) is 0.803. The number of imidazole rings is 1. The molecule has 1 N–H and O–H groups in total. The van der Waals surface area contributed by atoms with Crippen LogP contribution in [0.1, 0.15) is 5.69 Å². The van der Waals surface area contributed by atoms with E-state index < -0.39 is 0 Å². The van der Waals surface area contributed by atoms with Gasteiger partial charge in [0.2, 0.25) is 5.88 Å². The van der Waals surface area contributed by atoms with Crippen molar-refractivity contribution >= 4 is 33.6 Å². The minimum atomic E-state index is 0.562. The second-order valence-corrected chi connectivity index (χ2v) is 5.11. The van der Waals surface area contributed by atoms with Crippen molar-refractivity contribution in [1.82, 2.24) is 14.4 Å². The van der Waals surface area contributed by atoms with Crippen LogP contribution in [0.15, 0.2) is 30.0 Å². The van der Waals surface area contributed by atoms with Crippen LogP contribution in [0.5, 0.6) is 5.88 Å². The van der Waals surface area contributed by atoms with E-state index in [1.54, 1.807) is 36.9 Å². The number of aromatic nitrogens is 3. The number of hydrogen-bond acceptors (Lipinski definition) is 5. The minimum Gasteiger partial charge on any atom is -0.480 e. The van der Waals surface area contributed by atoms with Crippen LogP contribution in [0.2, 0.25) is 5.02 Å². The fourth-order valence-corrected chi connectivity index (χ4v) is 2.72. The van der Waals surface area contributed by atoms with Crippen molar-refractivity contribution in [2.75, 3.05) is 12.4 Å². The number of methoxy groups -OCH3 is 1. The number of hydrogen-bond donors (Lipinski definition) is 1. The maximum atomic E-state index is 6.08. The maximum absolute atomic E-state index is 6.08. The molecule has 3 aromatic heterocycles. The second kappa shape index (κ2) is 5.07. The Morgan fingerprint density at radius 2 is 2.42 bits per heavy atom. The fraction of sp³-hybridized carbons (Fsp3) is 0.167. The normalized spacial score (nSPS) is 10.8. The molecule has 0 amide bonds. The molecule has 0 aliphatic carbocycles. The number of nitrogens with one attached hydrogen (secondary N) is 1. The smallest absolute Gasteiger partial charge is 0.238 e. The lowest BCUT2D eigenvalue weighted by Gasteiger charge is -2.08. The third kappa shape index (κ3) is 2.24. The molecule has 0 saturated heterocycles. The van der Waals surface area contributed by atoms with Crippen molar-refractivity contribution in [3.05, 3.63) is 40.8 Å². The molecule has 7 heteroatoms. The number of pyridine rings is 1. The van der Waals surface area contributed by atoms with Gasteiger partial charge < -0.3 is 10.1 Å². The number of rotatable bonds is 4. The van der Waals surface area contributed by atoms with Crippen LogP contribution in [-0.4, -0.2) is 21.5 Å². The standard InChI is InChI=1S/C12H11ClN4OS/c1-18-11-10(17-4-5-19-12(17)16-11)7-15-9-6-14-3-2-8(9)13/h2-6,15H,7H2,1H3. The molecule has 0 fully saturated rings. The summed E-state index contributed by atoms with van der Waals surface area (Å²) in [5.74, 6) is 0.624. The number of fused-ring (bicyclic) bond motifs is 1. The van der Waals surface area contributed by atoms with Crippen molar-refractivity contribution < 1.29 is 4.74 Å². The van der Waals surface area contributed by atoms with Crippen LogP contribution < -0.4 is 10.1 Å². The van der Waals surface area contributed by atoms with E-state index in [2.05, 4.69) is 15.3 Å². The Balaban J connectivity index is 1.89. The SMILES string of the molecule is COc1nc2sccn2c1CNc1cnccc1Cl. The van der Waals surface area contributed by atoms with E-state index >= 15 is 0 Å². The van der Waals surface area contributed by atoms with Crippen LogP contribution in [0.4, 0.5) is 5.69 Å². The van der Waals surface area contributed by atoms with Crippen LogP contribution in [0.3, 0.4) is 0 Å². The maximum Gasteiger partial charge on any atom is 0.238 e. The summed E-state index contributed by atoms with van der Waals surface area (Å²) in [6.07, 6.45) is 5.32. The van der Waals surface area contributed by atoms with E-state index in [1.807, 2.05) is 16.0 Å². The average molecular weight is 295 g/mol. The summed E-state index contributed by atoms with van der Waals surface area (Å²) in [7, 11) is 1.62. The summed E-state index contributed by atoms with van der Waals surface area (Å²) in [5.41, 5.74) is 1.75. The van der Waals surface area contributed by atoms with Gasteiger partial charge in [-0.05, 0) is 6.07 Å². The Hall–Kier alpha value is -1.79. The zero-order chi connectivity index (χ0) is 13.2. The molecule has 0 unspecified atom stereocenters. The molecule has 19 heavy (non-hydrogen) atoms. The molecule has 0 aliphatic rings. The largest absolute Gasteiger partial charge is 0.480 e. The van der Waals surface area contributed by atoms with Crippen LogP contribution >= 0.6 is 22.9 Å². The highest BCUT2D eigenvalue weighted by Gasteiger charge is 2.13. The van der Waals surface area contributed by atoms with Crippen LogP contribution in [0.25, 0.3) is 4.96 Å². The van der Waals surface area contributed by atoms with Crippen molar-refractivity contribution in [2.45, 2.75) is 6.54 Å². The molecule has 98 valence electrons. The van der Waals surface area contributed by atoms with Gasteiger partial charge in [0.15, 0.2) is 4.96 Å². The third-order valence-corrected chi connectivity index (χ3v) is 3.82. The van der Waals surface area contributed by atoms with E-state index in [9.17, 15) is 0 Å². The lowest BCUT2D eigenvalue weighted by molar-refractivity contribution is 0.395. The summed E-state index contributed by atoms with van der Waals surface area (Å²) in [5, 5.41) is 5.87. The molecule has 0 saturated carbocycles. The predicted octanol–water partition coefficient (Wildman–Crippen LogP) is 3.06. The number of thiazole rings is 1. The monoisotopic (exact) mass is 294 g/mol. The Morgan fingerprint density at radius 3 is 3.21 bits per heavy atom. The number of halogens is 1. The highest BCUT2D eigenvalue weighted by molar-refractivity contribution is 7.15. The molecule has 0 spiro atoms. The summed E-state index contributed by atoms with van der Waals surface area (Å²) >= 11 is 7.65. The zero-order valence-corrected chi connectivity index (χ0v) is 11.7. The van der Waals surface area contributed by atoms with E-state index in [4.69, 9.17) is 16.3 Å². The third-order valence-electron chi connectivity index (χ3n) is 2.73. The van der Waals surface area contributed by atoms with Crippen LogP contribution in [-0.2, 0) is 6.54 Å². The molecule has 5 nitrogen and oxygen atoms in total. The summed E-state index contributed by atoms with van der Waals surface area (Å²) in [6.45, 7) is 0.562. The molecule has 3 heterocycles. The van der Waals surface area contributed by atoms with E-state index in [0.29, 0.717) is 17.4 Å². The topological polar surface area (TPSA) is 51.5 Å². The first-order valence-corrected chi connectivity index (χ1v) is 6.87. The summed E-state index contributed by atoms with van der Waals surface area (Å²) in [6, 6.07) is 1.75. The molecule has 0 aromatic carbocycles. The lowest BCUT2D eigenvalue weighted by Crippen LogP contribution is -2.04. The summed E-state index contributed by atoms with van der Waals surface area (Å²) in [4.78, 5) is 9.35. The second-order valence-electron chi connectivity index (χ2n) is 3.83. The first kappa shape index (κ1) is 12.3. The van der Waals surface area contributed by atoms with E-state index in [-0.39, 0.29) is 0 Å². The van der Waals surface area contributed by atoms with Gasteiger partial charge in [-0.25, -0.2) is 0 Å². The Labute approximate surface area is 118 Å². The van der Waals surface area contributed by atoms with Crippen LogP contribution in [0, 0.1) is 0 Å². The predicted molar refractivity (Wildman–Crippen MR) is 76.2 cm³/mol. The Kier molecular flexibility index (Phi) is 3.27. The molecule has 0 radical (unpaired) electrons. The van der Waals surface area contributed by atoms with Crippen molar-refractivity contribution in [1.29, 1.82) is 0 Å². The van der Waals surface area contributed by atoms with Crippen molar-refractivity contribution in [3.8, 4) is 5.88 Å². The number of ether oxygens (including phenoxy) is 1. The van der Waals surface area contributed by atoms with Crippen molar-refractivity contribution in [2.24, 2.45) is 0 Å². The summed E-state index contributed by atoms with van der Waals surface area (Å²) < 4.78 is 7.29. The lowest BCUT2D eigenvalue weighted by atomic mass is 10.3. The van der Waals surface area contributed by atoms with Gasteiger partial charge in [-0.2, -0.15) is 4.98 Å². The van der Waals surface area contributed by atoms with Gasteiger partial charge in [-0.15, -0.1) is 11.3 Å². The Bertz CT molecular complexity index is 709. The molecular formula is C12H11ClN4OS. The highest BCUT2D eigenvalue weighted by Crippen LogP contribution is 2.25. The molecular weight excluding hydrogens is 284 g/mol. The number of nitrogens with zero attached hydrogens (tertiary/aromatic N) is 3. The first-order valence-electron chi connectivity index (χ1n) is 5.61. The highest BCUT2D eigenvalue weighted by atomic mass is 35.5. The van der Waals surface area contributed by atoms with E-state index in [0.717, 1.165) is 16.3 Å². The minimum absolute atomic E-state index is 0.562. The fourth-order valence-electron chi connectivity index (χ4n) is 1.82. The van der Waals surface area contributed by atoms with Crippen molar-refractivity contribution in [3.63, 3.8) is 0 Å². The first-order chi connectivity index (χ1) is 9.29. The number of anilines is 1. The molecule has 0 atom stereocenters. The van der Waals surface area contributed by atoms with Gasteiger partial charge in [0, 0.05) is 17.8 Å². The van der Waals surface area contributed by atoms with E-state index in [1.165, 1.54) is 0 Å². The average Bonchev–Trinajstić information content (AvgIpc) is 2.98. The van der Waals surface area contributed by atoms with Gasteiger partial charge in [0.05, 0.1) is 30.6 Å². The van der Waals surface area contributed by atoms with Gasteiger partial charge >= 0.3 is 0 Å². The molecule has 0 aliphatic heterocycles. The van der Waals surface area contributed by atoms with Gasteiger partial charge in [-0.3, -0.25) is 9.38 Å². The van der Waals surface area contributed by atoms with Gasteiger partial charge in [-0.1, -0.05) is 11.6 Å².